The fraction of sp³-hybridized carbons (Fsp3) is 0.391. The van der Waals surface area contributed by atoms with E-state index in [2.05, 4.69) is 15.2 Å². The maximum Gasteiger partial charge on any atom is 0.250 e. The van der Waals surface area contributed by atoms with Gasteiger partial charge in [-0.1, -0.05) is 41.4 Å². The van der Waals surface area contributed by atoms with Crippen molar-refractivity contribution < 1.29 is 9.53 Å². The first-order valence-corrected chi connectivity index (χ1v) is 13.2. The summed E-state index contributed by atoms with van der Waals surface area (Å²) in [4.78, 5) is 31.4. The Kier molecular flexibility index (Phi) is 6.40. The lowest BCUT2D eigenvalue weighted by atomic mass is 9.83. The van der Waals surface area contributed by atoms with Crippen LogP contribution in [-0.4, -0.2) is 50.1 Å². The lowest BCUT2D eigenvalue weighted by Gasteiger charge is -2.43. The molecule has 2 atom stereocenters. The molecule has 2 bridgehead atoms. The van der Waals surface area contributed by atoms with Crippen LogP contribution in [-0.2, 0) is 11.3 Å². The summed E-state index contributed by atoms with van der Waals surface area (Å²) in [7, 11) is 0. The van der Waals surface area contributed by atoms with Crippen molar-refractivity contribution in [1.82, 2.24) is 14.5 Å². The van der Waals surface area contributed by atoms with E-state index in [0.717, 1.165) is 52.0 Å². The highest BCUT2D eigenvalue weighted by atomic mass is 32.2. The predicted octanol–water partition coefficient (Wildman–Crippen LogP) is 3.93. The van der Waals surface area contributed by atoms with Gasteiger partial charge in [0.2, 0.25) is 5.91 Å². The number of thioether (sulfide) groups is 1. The third-order valence-electron chi connectivity index (χ3n) is 5.98. The summed E-state index contributed by atoms with van der Waals surface area (Å²) in [5.41, 5.74) is 2.01. The Morgan fingerprint density at radius 3 is 3.03 bits per heavy atom. The van der Waals surface area contributed by atoms with E-state index in [1.807, 2.05) is 41.8 Å². The summed E-state index contributed by atoms with van der Waals surface area (Å²) in [6.07, 6.45) is 1.08. The molecule has 4 heterocycles. The number of amides is 1. The minimum atomic E-state index is -0.125. The number of fused-ring (bicyclic) bond motifs is 5. The second-order valence-corrected chi connectivity index (χ2v) is 10.9. The number of thiocarbonyl (C=S) groups is 1. The third kappa shape index (κ3) is 4.78. The highest BCUT2D eigenvalue weighted by Crippen LogP contribution is 2.36. The van der Waals surface area contributed by atoms with Gasteiger partial charge in [0.15, 0.2) is 5.13 Å². The third-order valence-corrected chi connectivity index (χ3v) is 8.44. The van der Waals surface area contributed by atoms with Gasteiger partial charge in [-0.3, -0.25) is 9.59 Å². The minimum Gasteiger partial charge on any atom is -0.494 e. The summed E-state index contributed by atoms with van der Waals surface area (Å²) >= 11 is 8.48. The monoisotopic (exact) mass is 500 g/mol. The molecule has 10 heteroatoms. The standard InChI is InChI=1S/C23H24N4O3S3/c1-2-30-16-6-7-17-19(9-16)33-22(24-17)25-20(28)13-32-23(31)26-10-14-8-15(12-26)18-4-3-5-21(29)27(18)11-14/h3-7,9,14-15H,2,8,10-13H2,1H3,(H,24,25,28)/t14-,15+/m0/s1. The Bertz CT molecular complexity index is 1270. The molecular weight excluding hydrogens is 476 g/mol. The van der Waals surface area contributed by atoms with E-state index in [1.165, 1.54) is 23.1 Å². The highest BCUT2D eigenvalue weighted by molar-refractivity contribution is 8.23. The molecule has 5 rings (SSSR count). The van der Waals surface area contributed by atoms with Crippen molar-refractivity contribution in [3.63, 3.8) is 0 Å². The smallest absolute Gasteiger partial charge is 0.250 e. The normalized spacial score (nSPS) is 19.2. The minimum absolute atomic E-state index is 0.0771. The van der Waals surface area contributed by atoms with Gasteiger partial charge >= 0.3 is 0 Å². The number of aromatic nitrogens is 2. The Morgan fingerprint density at radius 1 is 1.30 bits per heavy atom. The Hall–Kier alpha value is -2.43. The fourth-order valence-corrected chi connectivity index (χ4v) is 6.53. The number of carbonyl (C=O) groups excluding carboxylic acids is 1. The molecule has 1 saturated heterocycles. The molecule has 0 aliphatic carbocycles. The molecule has 2 aromatic heterocycles. The van der Waals surface area contributed by atoms with Crippen molar-refractivity contribution in [2.45, 2.75) is 25.8 Å². The number of hydrogen-bond donors (Lipinski definition) is 1. The zero-order valence-electron chi connectivity index (χ0n) is 18.2. The number of ether oxygens (including phenoxy) is 1. The number of piperidine rings is 1. The van der Waals surface area contributed by atoms with Gasteiger partial charge in [0, 0.05) is 37.3 Å². The first-order chi connectivity index (χ1) is 16.0. The number of rotatable bonds is 5. The van der Waals surface area contributed by atoms with Crippen LogP contribution in [0.15, 0.2) is 41.2 Å². The van der Waals surface area contributed by atoms with Crippen molar-refractivity contribution in [1.29, 1.82) is 0 Å². The molecule has 1 amide bonds. The van der Waals surface area contributed by atoms with Gasteiger partial charge < -0.3 is 19.5 Å². The summed E-state index contributed by atoms with van der Waals surface area (Å²) in [5, 5.41) is 3.46. The average Bonchev–Trinajstić information content (AvgIpc) is 3.19. The number of carbonyl (C=O) groups is 1. The molecule has 0 unspecified atom stereocenters. The Labute approximate surface area is 205 Å². The molecule has 172 valence electrons. The van der Waals surface area contributed by atoms with E-state index in [4.69, 9.17) is 17.0 Å². The van der Waals surface area contributed by atoms with Gasteiger partial charge in [-0.15, -0.1) is 0 Å². The molecule has 0 spiro atoms. The van der Waals surface area contributed by atoms with Crippen molar-refractivity contribution in [3.05, 3.63) is 52.4 Å². The molecule has 1 N–H and O–H groups in total. The predicted molar refractivity (Wildman–Crippen MR) is 138 cm³/mol. The Balaban J connectivity index is 1.17. The molecule has 2 aliphatic heterocycles. The molecule has 3 aromatic rings. The van der Waals surface area contributed by atoms with Gasteiger partial charge in [-0.25, -0.2) is 4.98 Å². The van der Waals surface area contributed by atoms with Crippen molar-refractivity contribution in [2.24, 2.45) is 5.92 Å². The summed E-state index contributed by atoms with van der Waals surface area (Å²) < 4.78 is 9.15. The van der Waals surface area contributed by atoms with E-state index >= 15 is 0 Å². The number of nitrogens with one attached hydrogen (secondary N) is 1. The number of hydrogen-bond acceptors (Lipinski definition) is 7. The maximum atomic E-state index is 12.5. The second-order valence-electron chi connectivity index (χ2n) is 8.29. The molecule has 1 aromatic carbocycles. The van der Waals surface area contributed by atoms with Crippen LogP contribution >= 0.6 is 35.3 Å². The van der Waals surface area contributed by atoms with Crippen LogP contribution in [0.25, 0.3) is 10.2 Å². The Morgan fingerprint density at radius 2 is 2.18 bits per heavy atom. The van der Waals surface area contributed by atoms with E-state index < -0.39 is 0 Å². The lowest BCUT2D eigenvalue weighted by Crippen LogP contribution is -2.48. The van der Waals surface area contributed by atoms with Gasteiger partial charge in [0.05, 0.1) is 22.6 Å². The number of nitrogens with zero attached hydrogens (tertiary/aromatic N) is 3. The zero-order chi connectivity index (χ0) is 22.9. The van der Waals surface area contributed by atoms with Gasteiger partial charge in [0.25, 0.3) is 5.56 Å². The number of benzene rings is 1. The van der Waals surface area contributed by atoms with E-state index in [-0.39, 0.29) is 17.2 Å². The van der Waals surface area contributed by atoms with Crippen LogP contribution in [0, 0.1) is 5.92 Å². The summed E-state index contributed by atoms with van der Waals surface area (Å²) in [5.74, 6) is 1.60. The van der Waals surface area contributed by atoms with Crippen molar-refractivity contribution in [3.8, 4) is 5.75 Å². The van der Waals surface area contributed by atoms with Crippen LogP contribution in [0.3, 0.4) is 0 Å². The molecule has 0 radical (unpaired) electrons. The topological polar surface area (TPSA) is 76.5 Å². The molecule has 0 saturated carbocycles. The lowest BCUT2D eigenvalue weighted by molar-refractivity contribution is -0.113. The van der Waals surface area contributed by atoms with Gasteiger partial charge in [-0.05, 0) is 43.5 Å². The van der Waals surface area contributed by atoms with Gasteiger partial charge in [0.1, 0.15) is 10.1 Å². The SMILES string of the molecule is CCOc1ccc2nc(NC(=O)CSC(=S)N3C[C@@H]4C[C@H](C3)c3cccc(=O)n3C4)sc2c1. The van der Waals surface area contributed by atoms with Gasteiger partial charge in [-0.2, -0.15) is 0 Å². The number of thiazole rings is 1. The highest BCUT2D eigenvalue weighted by Gasteiger charge is 2.35. The maximum absolute atomic E-state index is 12.5. The molecule has 7 nitrogen and oxygen atoms in total. The summed E-state index contributed by atoms with van der Waals surface area (Å²) in [6, 6.07) is 11.2. The fourth-order valence-electron chi connectivity index (χ4n) is 4.63. The number of anilines is 1. The second kappa shape index (κ2) is 9.44. The van der Waals surface area contributed by atoms with Crippen LogP contribution in [0.5, 0.6) is 5.75 Å². The first kappa shape index (κ1) is 22.4. The van der Waals surface area contributed by atoms with E-state index in [1.54, 1.807) is 6.07 Å². The largest absolute Gasteiger partial charge is 0.494 e. The van der Waals surface area contributed by atoms with Crippen molar-refractivity contribution in [2.75, 3.05) is 30.8 Å². The van der Waals surface area contributed by atoms with Crippen molar-refractivity contribution >= 4 is 60.9 Å². The molecule has 2 aliphatic rings. The number of pyridine rings is 1. The van der Waals surface area contributed by atoms with E-state index in [0.29, 0.717) is 23.6 Å². The molecule has 1 fully saturated rings. The average molecular weight is 501 g/mol. The summed E-state index contributed by atoms with van der Waals surface area (Å²) in [6.45, 7) is 4.90. The zero-order valence-corrected chi connectivity index (χ0v) is 20.6. The quantitative estimate of drug-likeness (QED) is 0.532. The number of likely N-dealkylation sites (tertiary alicyclic amines) is 1. The first-order valence-electron chi connectivity index (χ1n) is 10.9. The van der Waals surface area contributed by atoms with E-state index in [9.17, 15) is 9.59 Å². The van der Waals surface area contributed by atoms with Crippen LogP contribution in [0.1, 0.15) is 25.0 Å². The van der Waals surface area contributed by atoms with Crippen LogP contribution < -0.4 is 15.6 Å². The molecular formula is C23H24N4O3S3. The van der Waals surface area contributed by atoms with Crippen LogP contribution in [0.4, 0.5) is 5.13 Å². The molecule has 33 heavy (non-hydrogen) atoms. The van der Waals surface area contributed by atoms with Crippen LogP contribution in [0.2, 0.25) is 0 Å².